The normalized spacial score (nSPS) is 9.92. The topological polar surface area (TPSA) is 61.8 Å². The first-order valence-corrected chi connectivity index (χ1v) is 3.38. The summed E-state index contributed by atoms with van der Waals surface area (Å²) in [6.45, 7) is 0. The molecule has 2 aromatic heterocycles. The second kappa shape index (κ2) is 2.24. The molecule has 0 unspecified atom stereocenters. The summed E-state index contributed by atoms with van der Waals surface area (Å²) in [5.41, 5.74) is 1.46. The monoisotopic (exact) mass is 159 g/mol. The fourth-order valence-electron chi connectivity index (χ4n) is 1.12. The Labute approximate surface area is 68.3 Å². The smallest absolute Gasteiger partial charge is 0.109 e. The van der Waals surface area contributed by atoms with Crippen LogP contribution >= 0.6 is 0 Å². The molecule has 0 saturated carbocycles. The van der Waals surface area contributed by atoms with Crippen LogP contribution in [0.5, 0.6) is 0 Å². The maximum Gasteiger partial charge on any atom is 0.109 e. The van der Waals surface area contributed by atoms with Gasteiger partial charge in [0.2, 0.25) is 0 Å². The maximum atomic E-state index is 9.25. The first kappa shape index (κ1) is 6.68. The molecule has 0 aliphatic carbocycles. The Kier molecular flexibility index (Phi) is 1.25. The standard InChI is InChI=1S/C8H5N3O/c9-4-6-5-11(12)7-2-1-3-10-8(6)7/h1-3,5,12H. The first-order chi connectivity index (χ1) is 5.83. The number of pyridine rings is 1. The van der Waals surface area contributed by atoms with Gasteiger partial charge < -0.3 is 5.21 Å². The molecule has 0 radical (unpaired) electrons. The van der Waals surface area contributed by atoms with Gasteiger partial charge in [0.25, 0.3) is 0 Å². The van der Waals surface area contributed by atoms with Crippen LogP contribution in [0.15, 0.2) is 24.5 Å². The molecule has 2 heterocycles. The number of fused-ring (bicyclic) bond motifs is 1. The van der Waals surface area contributed by atoms with Crippen molar-refractivity contribution in [2.75, 3.05) is 0 Å². The largest absolute Gasteiger partial charge is 0.428 e. The Balaban J connectivity index is 2.94. The molecule has 4 heteroatoms. The van der Waals surface area contributed by atoms with E-state index in [-0.39, 0.29) is 0 Å². The average Bonchev–Trinajstić information content (AvgIpc) is 2.44. The number of hydrogen-bond acceptors (Lipinski definition) is 3. The van der Waals surface area contributed by atoms with Gasteiger partial charge in [-0.2, -0.15) is 9.99 Å². The number of hydrogen-bond donors (Lipinski definition) is 1. The Morgan fingerprint density at radius 1 is 1.58 bits per heavy atom. The van der Waals surface area contributed by atoms with Crippen molar-refractivity contribution in [3.8, 4) is 6.07 Å². The molecule has 0 aliphatic heterocycles. The summed E-state index contributed by atoms with van der Waals surface area (Å²) in [6, 6.07) is 5.35. The van der Waals surface area contributed by atoms with Crippen molar-refractivity contribution in [2.45, 2.75) is 0 Å². The molecule has 12 heavy (non-hydrogen) atoms. The molecule has 58 valence electrons. The van der Waals surface area contributed by atoms with Crippen molar-refractivity contribution >= 4 is 11.0 Å². The Morgan fingerprint density at radius 2 is 2.42 bits per heavy atom. The number of nitrogens with zero attached hydrogens (tertiary/aromatic N) is 3. The van der Waals surface area contributed by atoms with Gasteiger partial charge in [0, 0.05) is 6.20 Å². The van der Waals surface area contributed by atoms with Crippen molar-refractivity contribution in [3.05, 3.63) is 30.1 Å². The molecule has 0 amide bonds. The summed E-state index contributed by atoms with van der Waals surface area (Å²) in [5, 5.41) is 17.9. The summed E-state index contributed by atoms with van der Waals surface area (Å²) in [6.07, 6.45) is 2.93. The Hall–Kier alpha value is -2.02. The highest BCUT2D eigenvalue weighted by Crippen LogP contribution is 2.15. The van der Waals surface area contributed by atoms with Gasteiger partial charge >= 0.3 is 0 Å². The lowest BCUT2D eigenvalue weighted by molar-refractivity contribution is 0.200. The molecule has 4 nitrogen and oxygen atoms in total. The summed E-state index contributed by atoms with van der Waals surface area (Å²) >= 11 is 0. The lowest BCUT2D eigenvalue weighted by Gasteiger charge is -1.90. The molecule has 0 saturated heterocycles. The number of aromatic nitrogens is 2. The Bertz CT molecular complexity index is 467. The van der Waals surface area contributed by atoms with Gasteiger partial charge in [-0.25, -0.2) is 0 Å². The van der Waals surface area contributed by atoms with E-state index in [9.17, 15) is 5.21 Å². The van der Waals surface area contributed by atoms with E-state index < -0.39 is 0 Å². The molecule has 2 aromatic rings. The van der Waals surface area contributed by atoms with E-state index in [4.69, 9.17) is 5.26 Å². The molecule has 0 spiro atoms. The lowest BCUT2D eigenvalue weighted by Crippen LogP contribution is -1.85. The van der Waals surface area contributed by atoms with Gasteiger partial charge in [0.05, 0.1) is 11.8 Å². The van der Waals surface area contributed by atoms with Crippen molar-refractivity contribution in [1.82, 2.24) is 9.71 Å². The quantitative estimate of drug-likeness (QED) is 0.586. The first-order valence-electron chi connectivity index (χ1n) is 3.38. The third-order valence-electron chi connectivity index (χ3n) is 1.66. The van der Waals surface area contributed by atoms with E-state index in [1.807, 2.05) is 6.07 Å². The minimum Gasteiger partial charge on any atom is -0.428 e. The molecule has 0 fully saturated rings. The van der Waals surface area contributed by atoms with Gasteiger partial charge in [-0.15, -0.1) is 0 Å². The predicted octanol–water partition coefficient (Wildman–Crippen LogP) is 1.15. The zero-order valence-electron chi connectivity index (χ0n) is 6.10. The zero-order chi connectivity index (χ0) is 8.55. The second-order valence-corrected chi connectivity index (χ2v) is 2.37. The SMILES string of the molecule is N#Cc1cn(O)c2cccnc12. The average molecular weight is 159 g/mol. The van der Waals surface area contributed by atoms with Crippen molar-refractivity contribution in [1.29, 1.82) is 5.26 Å². The summed E-state index contributed by atoms with van der Waals surface area (Å²) < 4.78 is 0.904. The van der Waals surface area contributed by atoms with E-state index in [0.29, 0.717) is 16.6 Å². The highest BCUT2D eigenvalue weighted by molar-refractivity contribution is 5.81. The molecular weight excluding hydrogens is 154 g/mol. The molecule has 1 N–H and O–H groups in total. The second-order valence-electron chi connectivity index (χ2n) is 2.37. The van der Waals surface area contributed by atoms with Crippen molar-refractivity contribution in [2.24, 2.45) is 0 Å². The molecule has 0 atom stereocenters. The van der Waals surface area contributed by atoms with Crippen molar-refractivity contribution < 1.29 is 5.21 Å². The van der Waals surface area contributed by atoms with E-state index >= 15 is 0 Å². The van der Waals surface area contributed by atoms with Crippen LogP contribution in [0.2, 0.25) is 0 Å². The van der Waals surface area contributed by atoms with Crippen molar-refractivity contribution in [3.63, 3.8) is 0 Å². The van der Waals surface area contributed by atoms with E-state index in [1.165, 1.54) is 6.20 Å². The molecule has 2 rings (SSSR count). The zero-order valence-corrected chi connectivity index (χ0v) is 6.10. The summed E-state index contributed by atoms with van der Waals surface area (Å²) in [5.74, 6) is 0. The molecule has 0 bridgehead atoms. The van der Waals surface area contributed by atoms with Crippen LogP contribution in [0.1, 0.15) is 5.56 Å². The summed E-state index contributed by atoms with van der Waals surface area (Å²) in [4.78, 5) is 3.97. The van der Waals surface area contributed by atoms with Crippen LogP contribution in [-0.2, 0) is 0 Å². The predicted molar refractivity (Wildman–Crippen MR) is 41.6 cm³/mol. The number of rotatable bonds is 0. The van der Waals surface area contributed by atoms with Crippen LogP contribution in [-0.4, -0.2) is 14.9 Å². The highest BCUT2D eigenvalue weighted by Gasteiger charge is 2.06. The molecular formula is C8H5N3O. The Morgan fingerprint density at radius 3 is 3.17 bits per heavy atom. The van der Waals surface area contributed by atoms with Crippen LogP contribution in [0.4, 0.5) is 0 Å². The van der Waals surface area contributed by atoms with E-state index in [0.717, 1.165) is 4.73 Å². The van der Waals surface area contributed by atoms with Crippen LogP contribution in [0.25, 0.3) is 11.0 Å². The van der Waals surface area contributed by atoms with Gasteiger partial charge in [-0.1, -0.05) is 0 Å². The van der Waals surface area contributed by atoms with Gasteiger partial charge in [-0.05, 0) is 12.1 Å². The molecule has 0 aliphatic rings. The number of nitriles is 1. The van der Waals surface area contributed by atoms with Gasteiger partial charge in [0.15, 0.2) is 0 Å². The fraction of sp³-hybridized carbons (Fsp3) is 0. The van der Waals surface area contributed by atoms with Crippen LogP contribution in [0.3, 0.4) is 0 Å². The highest BCUT2D eigenvalue weighted by atomic mass is 16.5. The van der Waals surface area contributed by atoms with Gasteiger partial charge in [-0.3, -0.25) is 4.98 Å². The van der Waals surface area contributed by atoms with E-state index in [2.05, 4.69) is 4.98 Å². The van der Waals surface area contributed by atoms with Crippen LogP contribution in [0, 0.1) is 11.3 Å². The van der Waals surface area contributed by atoms with Crippen LogP contribution < -0.4 is 0 Å². The molecule has 0 aromatic carbocycles. The third kappa shape index (κ3) is 0.736. The fourth-order valence-corrected chi connectivity index (χ4v) is 1.12. The minimum atomic E-state index is 0.383. The van der Waals surface area contributed by atoms with Gasteiger partial charge in [0.1, 0.15) is 17.1 Å². The minimum absolute atomic E-state index is 0.383. The maximum absolute atomic E-state index is 9.25. The van der Waals surface area contributed by atoms with E-state index in [1.54, 1.807) is 18.3 Å². The third-order valence-corrected chi connectivity index (χ3v) is 1.66. The lowest BCUT2D eigenvalue weighted by atomic mass is 10.3. The summed E-state index contributed by atoms with van der Waals surface area (Å²) in [7, 11) is 0.